The monoisotopic (exact) mass is 519 g/mol. The standard InChI is InChI=1S/C11H18N5O12P3.2Li/c12-9-6-10(14-2-13-9)16(3-15-6)11-8(18)7(17)5(27-11)1-26-29(19,20)4-30(21,22)28-31(23,24)25;;/h2-3,5,7-8,11,17-18H,1,4H2,(H,19,20)(H,21,22)(H2,12,13,14)(H2,23,24,25);;/q;2*+1/t5-,7+,8?,11-;;/m1../s1. The number of imidazole rings is 1. The van der Waals surface area contributed by atoms with Crippen molar-refractivity contribution >= 4 is 40.0 Å². The summed E-state index contributed by atoms with van der Waals surface area (Å²) in [6, 6.07) is 0. The topological polar surface area (TPSA) is 270 Å². The Morgan fingerprint density at radius 2 is 1.67 bits per heavy atom. The number of nitrogens with two attached hydrogens (primary N) is 1. The van der Waals surface area contributed by atoms with Gasteiger partial charge in [0.2, 0.25) is 0 Å². The Labute approximate surface area is 209 Å². The fourth-order valence-corrected chi connectivity index (χ4v) is 7.32. The van der Waals surface area contributed by atoms with Crippen LogP contribution in [0, 0.1) is 0 Å². The summed E-state index contributed by atoms with van der Waals surface area (Å²) in [6.45, 7) is -0.831. The van der Waals surface area contributed by atoms with Gasteiger partial charge in [-0.2, -0.15) is 0 Å². The number of nitrogen functional groups attached to an aromatic ring is 1. The summed E-state index contributed by atoms with van der Waals surface area (Å²) >= 11 is 0. The summed E-state index contributed by atoms with van der Waals surface area (Å²) in [5.41, 5.74) is 6.06. The molecule has 0 aliphatic carbocycles. The molecule has 22 heteroatoms. The van der Waals surface area contributed by atoms with Gasteiger partial charge in [-0.25, -0.2) is 23.8 Å². The molecule has 0 radical (unpaired) electrons. The number of hydrogen-bond donors (Lipinski definition) is 7. The van der Waals surface area contributed by atoms with E-state index in [1.54, 1.807) is 0 Å². The molecule has 2 aromatic heterocycles. The number of aliphatic hydroxyl groups excluding tert-OH is 2. The van der Waals surface area contributed by atoms with Crippen LogP contribution in [0.15, 0.2) is 12.7 Å². The normalized spacial score (nSPS) is 26.7. The smallest absolute Gasteiger partial charge is 0.387 e. The summed E-state index contributed by atoms with van der Waals surface area (Å²) in [5, 5.41) is 20.5. The van der Waals surface area contributed by atoms with Gasteiger partial charge in [0.25, 0.3) is 0 Å². The van der Waals surface area contributed by atoms with E-state index in [0.717, 1.165) is 6.33 Å². The molecular formula is C11H18Li2N5O12P3+2. The molecule has 17 nitrogen and oxygen atoms in total. The molecule has 0 saturated carbocycles. The predicted octanol–water partition coefficient (Wildman–Crippen LogP) is -7.51. The van der Waals surface area contributed by atoms with Crippen LogP contribution in [0.2, 0.25) is 0 Å². The number of phosphoric acid groups is 1. The van der Waals surface area contributed by atoms with Crippen LogP contribution in [0.5, 0.6) is 0 Å². The molecule has 6 atom stereocenters. The quantitative estimate of drug-likeness (QED) is 0.126. The summed E-state index contributed by atoms with van der Waals surface area (Å²) in [4.78, 5) is 47.9. The summed E-state index contributed by atoms with van der Waals surface area (Å²) in [5.74, 6) is -1.58. The Hall–Kier alpha value is -0.125. The third kappa shape index (κ3) is 7.68. The molecule has 1 aliphatic rings. The number of nitrogens with zero attached hydrogens (tertiary/aromatic N) is 4. The maximum absolute atomic E-state index is 12.0. The first-order valence-corrected chi connectivity index (χ1v) is 13.2. The van der Waals surface area contributed by atoms with Crippen molar-refractivity contribution in [3.05, 3.63) is 12.7 Å². The van der Waals surface area contributed by atoms with E-state index in [9.17, 15) is 33.7 Å². The Kier molecular flexibility index (Phi) is 10.6. The number of anilines is 1. The van der Waals surface area contributed by atoms with Crippen LogP contribution in [0.1, 0.15) is 6.23 Å². The van der Waals surface area contributed by atoms with E-state index < -0.39 is 60.1 Å². The SMILES string of the molecule is Nc1ncnc2c1ncn2[C@@H]1O[C@H](COP(=O)(O)CP(=O)(O)OP(=O)(O)O)[C@H](O)C1O.[Li+].[Li+]. The maximum Gasteiger partial charge on any atom is 1.00 e. The van der Waals surface area contributed by atoms with Gasteiger partial charge in [-0.05, 0) is 0 Å². The minimum absolute atomic E-state index is 0. The van der Waals surface area contributed by atoms with Crippen LogP contribution < -0.4 is 43.5 Å². The van der Waals surface area contributed by atoms with E-state index in [2.05, 4.69) is 23.8 Å². The van der Waals surface area contributed by atoms with Gasteiger partial charge in [-0.3, -0.25) is 13.7 Å². The van der Waals surface area contributed by atoms with Gasteiger partial charge in [-0.15, -0.1) is 0 Å². The molecule has 3 heterocycles. The van der Waals surface area contributed by atoms with Crippen molar-refractivity contribution in [2.24, 2.45) is 0 Å². The molecule has 0 aromatic carbocycles. The van der Waals surface area contributed by atoms with E-state index in [1.807, 2.05) is 0 Å². The molecule has 3 rings (SSSR count). The molecule has 2 aromatic rings. The minimum Gasteiger partial charge on any atom is -0.387 e. The van der Waals surface area contributed by atoms with Gasteiger partial charge < -0.3 is 44.8 Å². The number of rotatable bonds is 8. The molecule has 0 spiro atoms. The average molecular weight is 519 g/mol. The zero-order chi connectivity index (χ0) is 23.2. The Morgan fingerprint density at radius 1 is 1.03 bits per heavy atom. The Bertz CT molecular complexity index is 1120. The fourth-order valence-electron chi connectivity index (χ4n) is 2.80. The van der Waals surface area contributed by atoms with E-state index in [1.165, 1.54) is 10.9 Å². The number of fused-ring (bicyclic) bond motifs is 1. The van der Waals surface area contributed by atoms with Crippen molar-refractivity contribution in [1.29, 1.82) is 0 Å². The molecule has 1 fully saturated rings. The largest absolute Gasteiger partial charge is 1.00 e. The number of hydrogen-bond acceptors (Lipinski definition) is 12. The average Bonchev–Trinajstić information content (AvgIpc) is 3.13. The predicted molar refractivity (Wildman–Crippen MR) is 99.3 cm³/mol. The zero-order valence-electron chi connectivity index (χ0n) is 17.2. The number of aromatic nitrogens is 4. The van der Waals surface area contributed by atoms with E-state index in [-0.39, 0.29) is 54.7 Å². The van der Waals surface area contributed by atoms with Gasteiger partial charge in [0.05, 0.1) is 12.9 Å². The molecule has 0 bridgehead atoms. The van der Waals surface area contributed by atoms with E-state index >= 15 is 0 Å². The second-order valence-electron chi connectivity index (χ2n) is 6.41. The third-order valence-corrected chi connectivity index (χ3v) is 9.31. The Morgan fingerprint density at radius 3 is 2.27 bits per heavy atom. The number of aliphatic hydroxyl groups is 2. The molecular weight excluding hydrogens is 501 g/mol. The molecule has 3 unspecified atom stereocenters. The molecule has 8 N–H and O–H groups in total. The van der Waals surface area contributed by atoms with Gasteiger partial charge in [0.1, 0.15) is 30.2 Å². The van der Waals surface area contributed by atoms with Gasteiger partial charge in [0, 0.05) is 0 Å². The van der Waals surface area contributed by atoms with Crippen molar-refractivity contribution < 1.29 is 94.8 Å². The van der Waals surface area contributed by atoms with Crippen molar-refractivity contribution in [2.45, 2.75) is 24.5 Å². The zero-order valence-corrected chi connectivity index (χ0v) is 19.9. The van der Waals surface area contributed by atoms with E-state index in [4.69, 9.17) is 20.3 Å². The van der Waals surface area contributed by atoms with Gasteiger partial charge >= 0.3 is 60.7 Å². The first-order valence-electron chi connectivity index (χ1n) is 8.19. The summed E-state index contributed by atoms with van der Waals surface area (Å²) < 4.78 is 49.2. The molecule has 174 valence electrons. The fraction of sp³-hybridized carbons (Fsp3) is 0.545. The van der Waals surface area contributed by atoms with Crippen molar-refractivity contribution in [3.8, 4) is 0 Å². The maximum atomic E-state index is 12.0. The van der Waals surface area contributed by atoms with Crippen LogP contribution in [-0.4, -0.2) is 80.1 Å². The van der Waals surface area contributed by atoms with Crippen LogP contribution in [0.25, 0.3) is 11.2 Å². The van der Waals surface area contributed by atoms with Crippen LogP contribution >= 0.6 is 23.0 Å². The third-order valence-electron chi connectivity index (χ3n) is 4.03. The van der Waals surface area contributed by atoms with Gasteiger partial charge in [-0.1, -0.05) is 0 Å². The van der Waals surface area contributed by atoms with Gasteiger partial charge in [0.15, 0.2) is 23.6 Å². The van der Waals surface area contributed by atoms with Crippen molar-refractivity contribution in [1.82, 2.24) is 19.5 Å². The van der Waals surface area contributed by atoms with Crippen molar-refractivity contribution in [2.75, 3.05) is 18.2 Å². The summed E-state index contributed by atoms with van der Waals surface area (Å²) in [6.07, 6.45) is -3.43. The summed E-state index contributed by atoms with van der Waals surface area (Å²) in [7, 11) is -15.6. The van der Waals surface area contributed by atoms with Crippen LogP contribution in [0.4, 0.5) is 5.82 Å². The molecule has 1 aliphatic heterocycles. The van der Waals surface area contributed by atoms with Crippen LogP contribution in [-0.2, 0) is 27.3 Å². The van der Waals surface area contributed by atoms with Crippen molar-refractivity contribution in [3.63, 3.8) is 0 Å². The minimum atomic E-state index is -5.42. The molecule has 33 heavy (non-hydrogen) atoms. The van der Waals surface area contributed by atoms with Crippen LogP contribution in [0.3, 0.4) is 0 Å². The first kappa shape index (κ1) is 30.9. The second kappa shape index (κ2) is 11.3. The first-order chi connectivity index (χ1) is 14.2. The second-order valence-corrected chi connectivity index (χ2v) is 12.0. The Balaban J connectivity index is 0.00000272. The van der Waals surface area contributed by atoms with E-state index in [0.29, 0.717) is 0 Å². The molecule has 0 amide bonds. The number of ether oxygens (including phenoxy) is 1. The molecule has 1 saturated heterocycles.